The number of rotatable bonds is 2. The largest absolute Gasteiger partial charge is 0.317 e. The van der Waals surface area contributed by atoms with Crippen LogP contribution in [0.5, 0.6) is 0 Å². The molecule has 0 aromatic heterocycles. The minimum absolute atomic E-state index is 0.0700. The minimum atomic E-state index is -4.09. The van der Waals surface area contributed by atoms with E-state index in [1.165, 1.54) is 12.1 Å². The van der Waals surface area contributed by atoms with Crippen LogP contribution in [-0.4, -0.2) is 35.4 Å². The first-order valence-electron chi connectivity index (χ1n) is 9.49. The number of carbonyl (C=O) groups is 2. The van der Waals surface area contributed by atoms with E-state index in [0.29, 0.717) is 0 Å². The van der Waals surface area contributed by atoms with Crippen LogP contribution >= 0.6 is 0 Å². The lowest BCUT2D eigenvalue weighted by Crippen LogP contribution is -2.42. The zero-order valence-electron chi connectivity index (χ0n) is 16.4. The lowest BCUT2D eigenvalue weighted by molar-refractivity contribution is 0.0958. The monoisotopic (exact) mass is 418 g/mol. The van der Waals surface area contributed by atoms with Crippen LogP contribution in [0.1, 0.15) is 33.2 Å². The van der Waals surface area contributed by atoms with Gasteiger partial charge in [0, 0.05) is 17.3 Å². The quantitative estimate of drug-likeness (QED) is 0.747. The molecule has 150 valence electrons. The van der Waals surface area contributed by atoms with Crippen molar-refractivity contribution in [3.05, 3.63) is 101 Å². The van der Waals surface area contributed by atoms with Gasteiger partial charge in [-0.1, -0.05) is 48.0 Å². The summed E-state index contributed by atoms with van der Waals surface area (Å²) in [5, 5.41) is 0. The number of fused-ring (bicyclic) bond motifs is 3. The van der Waals surface area contributed by atoms with Crippen molar-refractivity contribution in [2.45, 2.75) is 24.9 Å². The molecule has 0 amide bonds. The molecule has 1 aliphatic carbocycles. The lowest BCUT2D eigenvalue weighted by atomic mass is 9.90. The topological polar surface area (TPSA) is 74.8 Å². The standard InChI is InChI=1S/C23H18N2O4S/c1-14-7-10-16(11-8-14)30(28,29)25-19-12-9-15(2)13-24(19)20-21(25)23(27)18-6-4-3-5-17(18)22(20)26/h3-13,19H,1-2H3/t19-/m1/s1. The van der Waals surface area contributed by atoms with E-state index in [1.807, 2.05) is 13.8 Å². The molecule has 0 saturated heterocycles. The van der Waals surface area contributed by atoms with E-state index in [9.17, 15) is 18.0 Å². The summed E-state index contributed by atoms with van der Waals surface area (Å²) in [6, 6.07) is 13.0. The maximum absolute atomic E-state index is 13.6. The summed E-state index contributed by atoms with van der Waals surface area (Å²) in [5.41, 5.74) is 2.28. The van der Waals surface area contributed by atoms with Gasteiger partial charge in [-0.15, -0.1) is 0 Å². The maximum Gasteiger partial charge on any atom is 0.266 e. The van der Waals surface area contributed by atoms with Crippen LogP contribution in [0.3, 0.4) is 0 Å². The van der Waals surface area contributed by atoms with Gasteiger partial charge >= 0.3 is 0 Å². The molecule has 2 aliphatic heterocycles. The van der Waals surface area contributed by atoms with Crippen molar-refractivity contribution < 1.29 is 18.0 Å². The van der Waals surface area contributed by atoms with Crippen LogP contribution < -0.4 is 0 Å². The highest BCUT2D eigenvalue weighted by Crippen LogP contribution is 2.43. The Morgan fingerprint density at radius 1 is 0.833 bits per heavy atom. The number of benzene rings is 2. The summed E-state index contributed by atoms with van der Waals surface area (Å²) < 4.78 is 28.4. The molecule has 1 atom stereocenters. The van der Waals surface area contributed by atoms with E-state index in [2.05, 4.69) is 0 Å². The van der Waals surface area contributed by atoms with Crippen LogP contribution in [0.4, 0.5) is 0 Å². The number of aryl methyl sites for hydroxylation is 1. The number of sulfonamides is 1. The number of hydrogen-bond acceptors (Lipinski definition) is 5. The van der Waals surface area contributed by atoms with Crippen molar-refractivity contribution in [2.24, 2.45) is 0 Å². The van der Waals surface area contributed by atoms with Gasteiger partial charge in [-0.05, 0) is 37.6 Å². The molecule has 5 rings (SSSR count). The molecule has 6 nitrogen and oxygen atoms in total. The van der Waals surface area contributed by atoms with E-state index in [0.717, 1.165) is 15.4 Å². The van der Waals surface area contributed by atoms with E-state index < -0.39 is 22.0 Å². The number of allylic oxidation sites excluding steroid dienone is 4. The SMILES string of the molecule is CC1=CN2C3=C(C(=O)c4ccccc4C3=O)N(S(=O)(=O)c3ccc(C)cc3)[C@@H]2C=C1. The molecular weight excluding hydrogens is 400 g/mol. The highest BCUT2D eigenvalue weighted by atomic mass is 32.2. The number of carbonyl (C=O) groups excluding carboxylic acids is 2. The maximum atomic E-state index is 13.6. The number of nitrogens with zero attached hydrogens (tertiary/aromatic N) is 2. The molecule has 0 unspecified atom stereocenters. The van der Waals surface area contributed by atoms with Crippen LogP contribution in [0.15, 0.2) is 88.7 Å². The van der Waals surface area contributed by atoms with Gasteiger partial charge in [-0.25, -0.2) is 12.7 Å². The van der Waals surface area contributed by atoms with Gasteiger partial charge in [0.2, 0.25) is 11.6 Å². The molecule has 2 aromatic carbocycles. The molecule has 2 heterocycles. The Morgan fingerprint density at radius 2 is 1.43 bits per heavy atom. The minimum Gasteiger partial charge on any atom is -0.317 e. The average Bonchev–Trinajstić information content (AvgIpc) is 3.08. The number of ketones is 2. The Labute approximate surface area is 174 Å². The molecule has 0 saturated carbocycles. The fourth-order valence-electron chi connectivity index (χ4n) is 4.07. The van der Waals surface area contributed by atoms with Crippen molar-refractivity contribution in [3.8, 4) is 0 Å². The fourth-order valence-corrected chi connectivity index (χ4v) is 5.64. The van der Waals surface area contributed by atoms with Crippen molar-refractivity contribution in [1.82, 2.24) is 9.21 Å². The van der Waals surface area contributed by atoms with Gasteiger partial charge in [0.1, 0.15) is 17.6 Å². The first-order valence-corrected chi connectivity index (χ1v) is 10.9. The zero-order chi connectivity index (χ0) is 21.2. The van der Waals surface area contributed by atoms with E-state index >= 15 is 0 Å². The molecule has 0 N–H and O–H groups in total. The van der Waals surface area contributed by atoms with Gasteiger partial charge in [0.05, 0.1) is 4.90 Å². The van der Waals surface area contributed by atoms with E-state index in [-0.39, 0.29) is 33.2 Å². The number of Topliss-reactive ketones (excluding diaryl/α,β-unsaturated/α-hetero) is 2. The van der Waals surface area contributed by atoms with Gasteiger partial charge in [-0.2, -0.15) is 0 Å². The van der Waals surface area contributed by atoms with Crippen LogP contribution in [0.25, 0.3) is 0 Å². The molecular formula is C23H18N2O4S. The van der Waals surface area contributed by atoms with Gasteiger partial charge in [0.25, 0.3) is 10.0 Å². The summed E-state index contributed by atoms with van der Waals surface area (Å²) in [4.78, 5) is 28.4. The Bertz CT molecular complexity index is 1320. The zero-order valence-corrected chi connectivity index (χ0v) is 17.2. The van der Waals surface area contributed by atoms with Crippen molar-refractivity contribution >= 4 is 21.6 Å². The molecule has 0 bridgehead atoms. The second-order valence-corrected chi connectivity index (χ2v) is 9.38. The van der Waals surface area contributed by atoms with E-state index in [4.69, 9.17) is 0 Å². The molecule has 0 spiro atoms. The highest BCUT2D eigenvalue weighted by Gasteiger charge is 2.51. The summed E-state index contributed by atoms with van der Waals surface area (Å²) >= 11 is 0. The third-order valence-electron chi connectivity index (χ3n) is 5.53. The van der Waals surface area contributed by atoms with Gasteiger partial charge in [0.15, 0.2) is 0 Å². The van der Waals surface area contributed by atoms with E-state index in [1.54, 1.807) is 59.7 Å². The summed E-state index contributed by atoms with van der Waals surface area (Å²) in [6.45, 7) is 3.72. The van der Waals surface area contributed by atoms with Crippen molar-refractivity contribution in [3.63, 3.8) is 0 Å². The summed E-state index contributed by atoms with van der Waals surface area (Å²) in [5.74, 6) is -0.823. The Morgan fingerprint density at radius 3 is 2.07 bits per heavy atom. The third-order valence-corrected chi connectivity index (χ3v) is 7.31. The number of hydrogen-bond donors (Lipinski definition) is 0. The summed E-state index contributed by atoms with van der Waals surface area (Å²) in [7, 11) is -4.09. The molecule has 0 radical (unpaired) electrons. The second kappa shape index (κ2) is 6.27. The van der Waals surface area contributed by atoms with Crippen LogP contribution in [0, 0.1) is 6.92 Å². The van der Waals surface area contributed by atoms with Gasteiger partial charge in [-0.3, -0.25) is 9.59 Å². The fraction of sp³-hybridized carbons (Fsp3) is 0.130. The Balaban J connectivity index is 1.76. The Kier molecular flexibility index (Phi) is 3.88. The Hall–Kier alpha value is -3.45. The average molecular weight is 418 g/mol. The van der Waals surface area contributed by atoms with Crippen molar-refractivity contribution in [2.75, 3.05) is 0 Å². The molecule has 2 aromatic rings. The second-order valence-electron chi connectivity index (χ2n) is 7.57. The summed E-state index contributed by atoms with van der Waals surface area (Å²) in [6.07, 6.45) is 4.39. The highest BCUT2D eigenvalue weighted by molar-refractivity contribution is 7.89. The molecule has 30 heavy (non-hydrogen) atoms. The predicted molar refractivity (Wildman–Crippen MR) is 111 cm³/mol. The first-order chi connectivity index (χ1) is 14.3. The molecule has 7 heteroatoms. The third kappa shape index (κ3) is 2.45. The van der Waals surface area contributed by atoms with Crippen LogP contribution in [0.2, 0.25) is 0 Å². The van der Waals surface area contributed by atoms with Crippen LogP contribution in [-0.2, 0) is 10.0 Å². The molecule has 0 fully saturated rings. The molecule has 3 aliphatic rings. The first kappa shape index (κ1) is 18.6. The lowest BCUT2D eigenvalue weighted by Gasteiger charge is -2.31. The van der Waals surface area contributed by atoms with Crippen molar-refractivity contribution in [1.29, 1.82) is 0 Å². The predicted octanol–water partition coefficient (Wildman–Crippen LogP) is 3.39. The smallest absolute Gasteiger partial charge is 0.266 e. The van der Waals surface area contributed by atoms with Gasteiger partial charge < -0.3 is 4.90 Å². The normalized spacial score (nSPS) is 20.2.